The lowest BCUT2D eigenvalue weighted by molar-refractivity contribution is -0.147. The first-order valence-electron chi connectivity index (χ1n) is 12.4. The molecule has 3 aromatic heterocycles. The van der Waals surface area contributed by atoms with Gasteiger partial charge in [-0.2, -0.15) is 23.5 Å². The standard InChI is InChI=1S/C26H29F4N7O2/c1-25(2,39)23(27)14-33-24(38)19-13-32-21(22-4-3-18-9-16(11-31)12-34-37(18)22)10-20(19)35-17-5-7-36(8-6-17)15-26(28,29)30/h3-4,9-10,12-13,17,23,39H,5-8,14-15H2,1-2H3,(H,32,35)(H,33,38). The Morgan fingerprint density at radius 3 is 2.59 bits per heavy atom. The molecule has 208 valence electrons. The molecule has 3 N–H and O–H groups in total. The average molecular weight is 548 g/mol. The second-order valence-corrected chi connectivity index (χ2v) is 10.2. The molecule has 1 aliphatic heterocycles. The quantitative estimate of drug-likeness (QED) is 0.369. The van der Waals surface area contributed by atoms with Gasteiger partial charge in [-0.05, 0) is 51.0 Å². The van der Waals surface area contributed by atoms with Crippen molar-refractivity contribution in [3.63, 3.8) is 0 Å². The molecular formula is C26H29F4N7O2. The predicted molar refractivity (Wildman–Crippen MR) is 136 cm³/mol. The summed E-state index contributed by atoms with van der Waals surface area (Å²) >= 11 is 0. The monoisotopic (exact) mass is 547 g/mol. The second kappa shape index (κ2) is 11.2. The topological polar surface area (TPSA) is 119 Å². The number of piperidine rings is 1. The van der Waals surface area contributed by atoms with Gasteiger partial charge in [-0.3, -0.25) is 14.7 Å². The summed E-state index contributed by atoms with van der Waals surface area (Å²) in [4.78, 5) is 18.8. The molecule has 0 aliphatic carbocycles. The number of hydrogen-bond donors (Lipinski definition) is 3. The number of alkyl halides is 4. The molecule has 0 spiro atoms. The van der Waals surface area contributed by atoms with E-state index in [1.165, 1.54) is 31.1 Å². The van der Waals surface area contributed by atoms with Crippen molar-refractivity contribution in [3.05, 3.63) is 47.8 Å². The zero-order chi connectivity index (χ0) is 28.4. The van der Waals surface area contributed by atoms with E-state index in [1.54, 1.807) is 28.8 Å². The second-order valence-electron chi connectivity index (χ2n) is 10.2. The number of anilines is 1. The number of pyridine rings is 1. The maximum atomic E-state index is 14.3. The molecule has 3 aromatic rings. The van der Waals surface area contributed by atoms with Gasteiger partial charge in [0.1, 0.15) is 12.2 Å². The minimum absolute atomic E-state index is 0.125. The third-order valence-corrected chi connectivity index (χ3v) is 6.60. The number of fused-ring (bicyclic) bond motifs is 1. The van der Waals surface area contributed by atoms with E-state index in [2.05, 4.69) is 20.7 Å². The number of aliphatic hydroxyl groups is 1. The molecular weight excluding hydrogens is 518 g/mol. The minimum atomic E-state index is -4.27. The van der Waals surface area contributed by atoms with Gasteiger partial charge in [0.15, 0.2) is 0 Å². The molecule has 0 bridgehead atoms. The molecule has 0 aromatic carbocycles. The fourth-order valence-corrected chi connectivity index (χ4v) is 4.39. The Kier molecular flexibility index (Phi) is 8.08. The smallest absolute Gasteiger partial charge is 0.387 e. The molecule has 39 heavy (non-hydrogen) atoms. The van der Waals surface area contributed by atoms with Crippen molar-refractivity contribution >= 4 is 17.1 Å². The number of nitrogens with zero attached hydrogens (tertiary/aromatic N) is 5. The highest BCUT2D eigenvalue weighted by Gasteiger charge is 2.33. The maximum absolute atomic E-state index is 14.3. The Labute approximate surface area is 222 Å². The fourth-order valence-electron chi connectivity index (χ4n) is 4.39. The van der Waals surface area contributed by atoms with Gasteiger partial charge in [-0.25, -0.2) is 8.91 Å². The van der Waals surface area contributed by atoms with Crippen LogP contribution in [0.5, 0.6) is 0 Å². The summed E-state index contributed by atoms with van der Waals surface area (Å²) in [5, 5.41) is 29.0. The van der Waals surface area contributed by atoms with Gasteiger partial charge in [-0.15, -0.1) is 0 Å². The van der Waals surface area contributed by atoms with Gasteiger partial charge in [0.25, 0.3) is 5.91 Å². The Bertz CT molecular complexity index is 1370. The van der Waals surface area contributed by atoms with Crippen LogP contribution in [-0.2, 0) is 0 Å². The number of likely N-dealkylation sites (tertiary alicyclic amines) is 1. The summed E-state index contributed by atoms with van der Waals surface area (Å²) in [6, 6.07) is 8.67. The largest absolute Gasteiger partial charge is 0.401 e. The number of nitrogens with one attached hydrogen (secondary N) is 2. The van der Waals surface area contributed by atoms with Crippen LogP contribution in [0.15, 0.2) is 36.7 Å². The van der Waals surface area contributed by atoms with Gasteiger partial charge < -0.3 is 15.7 Å². The van der Waals surface area contributed by atoms with E-state index in [-0.39, 0.29) is 24.7 Å². The summed E-state index contributed by atoms with van der Waals surface area (Å²) in [5.74, 6) is -0.616. The van der Waals surface area contributed by atoms with Crippen molar-refractivity contribution < 1.29 is 27.5 Å². The first kappa shape index (κ1) is 28.3. The zero-order valence-corrected chi connectivity index (χ0v) is 21.5. The van der Waals surface area contributed by atoms with E-state index in [1.807, 2.05) is 6.07 Å². The molecule has 4 heterocycles. The van der Waals surface area contributed by atoms with E-state index in [0.717, 1.165) is 0 Å². The number of nitriles is 1. The highest BCUT2D eigenvalue weighted by Crippen LogP contribution is 2.28. The van der Waals surface area contributed by atoms with Gasteiger partial charge in [0.2, 0.25) is 0 Å². The van der Waals surface area contributed by atoms with E-state index in [0.29, 0.717) is 41.0 Å². The van der Waals surface area contributed by atoms with Crippen LogP contribution in [0.1, 0.15) is 42.6 Å². The molecule has 1 fully saturated rings. The number of amides is 1. The van der Waals surface area contributed by atoms with Gasteiger partial charge in [0.05, 0.1) is 58.6 Å². The Morgan fingerprint density at radius 1 is 1.23 bits per heavy atom. The Hall–Kier alpha value is -3.76. The first-order valence-corrected chi connectivity index (χ1v) is 12.4. The maximum Gasteiger partial charge on any atom is 0.401 e. The molecule has 1 saturated heterocycles. The third kappa shape index (κ3) is 7.01. The van der Waals surface area contributed by atoms with E-state index >= 15 is 0 Å². The molecule has 4 rings (SSSR count). The number of carbonyl (C=O) groups excluding carboxylic acids is 1. The number of halogens is 4. The summed E-state index contributed by atoms with van der Waals surface area (Å²) in [5.41, 5.74) is 0.975. The van der Waals surface area contributed by atoms with Crippen LogP contribution in [0.25, 0.3) is 16.9 Å². The van der Waals surface area contributed by atoms with E-state index in [4.69, 9.17) is 5.26 Å². The molecule has 0 radical (unpaired) electrons. The van der Waals surface area contributed by atoms with Crippen molar-refractivity contribution in [2.45, 2.75) is 50.7 Å². The Balaban J connectivity index is 1.60. The van der Waals surface area contributed by atoms with Crippen molar-refractivity contribution in [2.24, 2.45) is 0 Å². The first-order chi connectivity index (χ1) is 18.3. The number of rotatable bonds is 8. The fraction of sp³-hybridized carbons (Fsp3) is 0.462. The number of aromatic nitrogens is 3. The van der Waals surface area contributed by atoms with Gasteiger partial charge >= 0.3 is 6.18 Å². The summed E-state index contributed by atoms with van der Waals surface area (Å²) in [7, 11) is 0. The van der Waals surface area contributed by atoms with Crippen LogP contribution in [0.2, 0.25) is 0 Å². The molecule has 1 unspecified atom stereocenters. The van der Waals surface area contributed by atoms with Crippen LogP contribution in [0, 0.1) is 11.3 Å². The average Bonchev–Trinajstić information content (AvgIpc) is 3.30. The lowest BCUT2D eigenvalue weighted by Gasteiger charge is -2.33. The molecule has 13 heteroatoms. The third-order valence-electron chi connectivity index (χ3n) is 6.60. The van der Waals surface area contributed by atoms with Crippen LogP contribution in [0.3, 0.4) is 0 Å². The lowest BCUT2D eigenvalue weighted by atomic mass is 10.0. The van der Waals surface area contributed by atoms with E-state index < -0.39 is 36.9 Å². The van der Waals surface area contributed by atoms with Crippen LogP contribution in [-0.4, -0.2) is 80.7 Å². The summed E-state index contributed by atoms with van der Waals surface area (Å²) in [6.07, 6.45) is -2.38. The molecule has 1 atom stereocenters. The Morgan fingerprint density at radius 2 is 1.95 bits per heavy atom. The van der Waals surface area contributed by atoms with E-state index in [9.17, 15) is 27.5 Å². The molecule has 1 amide bonds. The lowest BCUT2D eigenvalue weighted by Crippen LogP contribution is -2.44. The van der Waals surface area contributed by atoms with Crippen LogP contribution < -0.4 is 10.6 Å². The van der Waals surface area contributed by atoms with Crippen molar-refractivity contribution in [3.8, 4) is 17.5 Å². The highest BCUT2D eigenvalue weighted by atomic mass is 19.4. The van der Waals surface area contributed by atoms with Gasteiger partial charge in [-0.1, -0.05) is 0 Å². The summed E-state index contributed by atoms with van der Waals surface area (Å²) < 4.78 is 54.2. The SMILES string of the molecule is CC(C)(O)C(F)CNC(=O)c1cnc(-c2ccc3cc(C#N)cnn23)cc1NC1CCN(CC(F)(F)F)CC1. The number of carbonyl (C=O) groups is 1. The van der Waals surface area contributed by atoms with Crippen molar-refractivity contribution in [1.29, 1.82) is 5.26 Å². The highest BCUT2D eigenvalue weighted by molar-refractivity contribution is 6.00. The van der Waals surface area contributed by atoms with Gasteiger partial charge in [0, 0.05) is 25.3 Å². The van der Waals surface area contributed by atoms with Crippen LogP contribution in [0.4, 0.5) is 23.2 Å². The normalized spacial score (nSPS) is 16.2. The molecule has 1 aliphatic rings. The number of hydrogen-bond acceptors (Lipinski definition) is 7. The van der Waals surface area contributed by atoms with Crippen molar-refractivity contribution in [1.82, 2.24) is 24.8 Å². The predicted octanol–water partition coefficient (Wildman–Crippen LogP) is 3.55. The zero-order valence-electron chi connectivity index (χ0n) is 21.5. The molecule has 0 saturated carbocycles. The minimum Gasteiger partial charge on any atom is -0.387 e. The van der Waals surface area contributed by atoms with Crippen molar-refractivity contribution in [2.75, 3.05) is 31.5 Å². The van der Waals surface area contributed by atoms with Crippen LogP contribution >= 0.6 is 0 Å². The molecule has 9 nitrogen and oxygen atoms in total. The summed E-state index contributed by atoms with van der Waals surface area (Å²) in [6.45, 7) is 1.68.